The van der Waals surface area contributed by atoms with Crippen LogP contribution in [0.1, 0.15) is 10.4 Å². The summed E-state index contributed by atoms with van der Waals surface area (Å²) in [7, 11) is -5.06. The number of carbonyl (C=O) groups is 1. The Balaban J connectivity index is 1.77. The number of likely N-dealkylation sites (N-methyl/N-ethyl adjacent to an activating group) is 1. The van der Waals surface area contributed by atoms with Gasteiger partial charge in [-0.05, 0) is 49.5 Å². The molecule has 0 spiro atoms. The van der Waals surface area contributed by atoms with Crippen LogP contribution in [0.15, 0.2) is 58.3 Å². The van der Waals surface area contributed by atoms with E-state index >= 15 is 0 Å². The molecule has 0 atom stereocenters. The van der Waals surface area contributed by atoms with E-state index < -0.39 is 25.8 Å². The molecule has 1 fully saturated rings. The maximum absolute atomic E-state index is 12.9. The van der Waals surface area contributed by atoms with Crippen LogP contribution < -0.4 is 5.32 Å². The van der Waals surface area contributed by atoms with Crippen LogP contribution in [0.2, 0.25) is 0 Å². The van der Waals surface area contributed by atoms with E-state index in [1.807, 2.05) is 7.05 Å². The number of carbonyl (C=O) groups excluding carboxylic acids is 1. The fourth-order valence-corrected chi connectivity index (χ4v) is 5.06. The third kappa shape index (κ3) is 5.02. The minimum Gasteiger partial charge on any atom is -0.322 e. The second-order valence-corrected chi connectivity index (χ2v) is 10.9. The van der Waals surface area contributed by atoms with Gasteiger partial charge in [0.1, 0.15) is 0 Å². The second-order valence-electron chi connectivity index (χ2n) is 6.99. The number of hydrogen-bond acceptors (Lipinski definition) is 6. The zero-order valence-electron chi connectivity index (χ0n) is 16.2. The summed E-state index contributed by atoms with van der Waals surface area (Å²) in [5, 5.41) is 2.65. The largest absolute Gasteiger partial charge is 0.322 e. The van der Waals surface area contributed by atoms with Gasteiger partial charge in [-0.2, -0.15) is 4.31 Å². The predicted octanol–water partition coefficient (Wildman–Crippen LogP) is 1.28. The Morgan fingerprint density at radius 3 is 2.10 bits per heavy atom. The average molecular weight is 438 g/mol. The van der Waals surface area contributed by atoms with Crippen molar-refractivity contribution in [1.29, 1.82) is 0 Å². The number of sulfonamides is 1. The van der Waals surface area contributed by atoms with E-state index in [2.05, 4.69) is 10.2 Å². The van der Waals surface area contributed by atoms with E-state index in [1.165, 1.54) is 52.8 Å². The summed E-state index contributed by atoms with van der Waals surface area (Å²) in [4.78, 5) is 14.8. The Morgan fingerprint density at radius 1 is 0.897 bits per heavy atom. The number of hydrogen-bond donors (Lipinski definition) is 1. The number of sulfone groups is 1. The molecule has 0 saturated carbocycles. The van der Waals surface area contributed by atoms with Crippen molar-refractivity contribution in [2.75, 3.05) is 44.8 Å². The lowest BCUT2D eigenvalue weighted by atomic mass is 10.2. The Morgan fingerprint density at radius 2 is 1.52 bits per heavy atom. The molecule has 3 rings (SSSR count). The molecule has 2 aromatic carbocycles. The molecule has 0 unspecified atom stereocenters. The molecule has 8 nitrogen and oxygen atoms in total. The highest BCUT2D eigenvalue weighted by Gasteiger charge is 2.28. The van der Waals surface area contributed by atoms with Gasteiger partial charge in [0.25, 0.3) is 5.91 Å². The van der Waals surface area contributed by atoms with Gasteiger partial charge >= 0.3 is 0 Å². The van der Waals surface area contributed by atoms with Gasteiger partial charge in [0, 0.05) is 43.7 Å². The smallest absolute Gasteiger partial charge is 0.255 e. The van der Waals surface area contributed by atoms with Gasteiger partial charge in [0.05, 0.1) is 9.79 Å². The molecule has 1 amide bonds. The third-order valence-corrected chi connectivity index (χ3v) is 7.76. The minimum atomic E-state index is -3.68. The van der Waals surface area contributed by atoms with Crippen molar-refractivity contribution < 1.29 is 21.6 Å². The van der Waals surface area contributed by atoms with E-state index in [9.17, 15) is 21.6 Å². The molecule has 1 heterocycles. The zero-order chi connectivity index (χ0) is 21.2. The summed E-state index contributed by atoms with van der Waals surface area (Å²) in [6, 6.07) is 11.7. The first kappa shape index (κ1) is 21.4. The number of benzene rings is 2. The van der Waals surface area contributed by atoms with Crippen LogP contribution in [-0.4, -0.2) is 71.4 Å². The van der Waals surface area contributed by atoms with Crippen LogP contribution in [0.4, 0.5) is 5.69 Å². The Kier molecular flexibility index (Phi) is 6.08. The molecule has 1 N–H and O–H groups in total. The Labute approximate surface area is 171 Å². The lowest BCUT2D eigenvalue weighted by molar-refractivity contribution is 0.102. The molecular formula is C19H23N3O5S2. The first-order valence-electron chi connectivity index (χ1n) is 8.97. The van der Waals surface area contributed by atoms with Gasteiger partial charge in [-0.25, -0.2) is 16.8 Å². The molecule has 0 aliphatic carbocycles. The van der Waals surface area contributed by atoms with Crippen molar-refractivity contribution in [2.45, 2.75) is 9.79 Å². The summed E-state index contributed by atoms with van der Waals surface area (Å²) >= 11 is 0. The molecule has 0 bridgehead atoms. The van der Waals surface area contributed by atoms with Crippen LogP contribution in [-0.2, 0) is 19.9 Å². The van der Waals surface area contributed by atoms with E-state index in [0.717, 1.165) is 6.26 Å². The van der Waals surface area contributed by atoms with Crippen LogP contribution >= 0.6 is 0 Å². The normalized spacial score (nSPS) is 16.5. The highest BCUT2D eigenvalue weighted by atomic mass is 32.2. The van der Waals surface area contributed by atoms with Crippen molar-refractivity contribution >= 4 is 31.5 Å². The van der Waals surface area contributed by atoms with E-state index in [0.29, 0.717) is 31.9 Å². The van der Waals surface area contributed by atoms with Crippen LogP contribution in [0.25, 0.3) is 0 Å². The topological polar surface area (TPSA) is 104 Å². The van der Waals surface area contributed by atoms with E-state index in [1.54, 1.807) is 0 Å². The van der Waals surface area contributed by atoms with E-state index in [-0.39, 0.29) is 15.4 Å². The maximum atomic E-state index is 12.9. The first-order chi connectivity index (χ1) is 13.6. The molecule has 156 valence electrons. The van der Waals surface area contributed by atoms with Crippen LogP contribution in [0, 0.1) is 0 Å². The summed E-state index contributed by atoms with van der Waals surface area (Å²) in [5.74, 6) is -0.479. The van der Waals surface area contributed by atoms with Crippen molar-refractivity contribution in [2.24, 2.45) is 0 Å². The highest BCUT2D eigenvalue weighted by molar-refractivity contribution is 7.90. The quantitative estimate of drug-likeness (QED) is 0.756. The van der Waals surface area contributed by atoms with Gasteiger partial charge < -0.3 is 10.2 Å². The third-order valence-electron chi connectivity index (χ3n) is 4.74. The van der Waals surface area contributed by atoms with Gasteiger partial charge in [-0.1, -0.05) is 6.07 Å². The number of nitrogens with zero attached hydrogens (tertiary/aromatic N) is 2. The second kappa shape index (κ2) is 8.23. The lowest BCUT2D eigenvalue weighted by Crippen LogP contribution is -2.47. The highest BCUT2D eigenvalue weighted by Crippen LogP contribution is 2.20. The fourth-order valence-electron chi connectivity index (χ4n) is 2.96. The number of nitrogens with one attached hydrogen (secondary N) is 1. The molecule has 0 aromatic heterocycles. The molecule has 1 aliphatic rings. The van der Waals surface area contributed by atoms with Gasteiger partial charge in [-0.15, -0.1) is 0 Å². The first-order valence-corrected chi connectivity index (χ1v) is 12.3. The SMILES string of the molecule is CN1CCN(S(=O)(=O)c2cccc(C(=O)Nc3ccc(S(C)(=O)=O)cc3)c2)CC1. The predicted molar refractivity (Wildman–Crippen MR) is 110 cm³/mol. The molecule has 29 heavy (non-hydrogen) atoms. The molecule has 1 saturated heterocycles. The molecule has 2 aromatic rings. The number of amides is 1. The minimum absolute atomic E-state index is 0.0714. The summed E-state index contributed by atoms with van der Waals surface area (Å²) in [6.45, 7) is 2.12. The van der Waals surface area contributed by atoms with Crippen LogP contribution in [0.5, 0.6) is 0 Å². The lowest BCUT2D eigenvalue weighted by Gasteiger charge is -2.31. The van der Waals surface area contributed by atoms with Crippen molar-refractivity contribution in [3.05, 3.63) is 54.1 Å². The fraction of sp³-hybridized carbons (Fsp3) is 0.316. The van der Waals surface area contributed by atoms with Crippen molar-refractivity contribution in [1.82, 2.24) is 9.21 Å². The summed E-state index contributed by atoms with van der Waals surface area (Å²) < 4.78 is 50.2. The summed E-state index contributed by atoms with van der Waals surface area (Å²) in [6.07, 6.45) is 1.10. The zero-order valence-corrected chi connectivity index (χ0v) is 17.8. The molecular weight excluding hydrogens is 414 g/mol. The standard InChI is InChI=1S/C19H23N3O5S2/c1-21-10-12-22(13-11-21)29(26,27)18-5-3-4-15(14-18)19(23)20-16-6-8-17(9-7-16)28(2,24)25/h3-9,14H,10-13H2,1-2H3,(H,20,23). The van der Waals surface area contributed by atoms with E-state index in [4.69, 9.17) is 0 Å². The van der Waals surface area contributed by atoms with Gasteiger partial charge in [0.2, 0.25) is 10.0 Å². The van der Waals surface area contributed by atoms with Gasteiger partial charge in [-0.3, -0.25) is 4.79 Å². The number of piperazine rings is 1. The monoisotopic (exact) mass is 437 g/mol. The molecule has 1 aliphatic heterocycles. The average Bonchev–Trinajstić information content (AvgIpc) is 2.68. The Hall–Kier alpha value is -2.27. The van der Waals surface area contributed by atoms with Crippen LogP contribution in [0.3, 0.4) is 0 Å². The summed E-state index contributed by atoms with van der Waals surface area (Å²) in [5.41, 5.74) is 0.613. The van der Waals surface area contributed by atoms with Gasteiger partial charge in [0.15, 0.2) is 9.84 Å². The molecule has 0 radical (unpaired) electrons. The molecule has 10 heteroatoms. The number of anilines is 1. The van der Waals surface area contributed by atoms with Crippen molar-refractivity contribution in [3.8, 4) is 0 Å². The Bertz CT molecular complexity index is 1100. The van der Waals surface area contributed by atoms with Crippen molar-refractivity contribution in [3.63, 3.8) is 0 Å². The number of rotatable bonds is 5. The maximum Gasteiger partial charge on any atom is 0.255 e.